The molecule has 2 aromatic carbocycles. The molecule has 0 saturated carbocycles. The Hall–Kier alpha value is -1.85. The second kappa shape index (κ2) is 6.95. The summed E-state index contributed by atoms with van der Waals surface area (Å²) in [6.45, 7) is 6.10. The summed E-state index contributed by atoms with van der Waals surface area (Å²) in [5.74, 6) is -0.104. The van der Waals surface area contributed by atoms with E-state index in [9.17, 15) is 4.79 Å². The highest BCUT2D eigenvalue weighted by Crippen LogP contribution is 2.31. The van der Waals surface area contributed by atoms with Crippen molar-refractivity contribution in [3.05, 3.63) is 68.0 Å². The number of aryl methyl sites for hydroxylation is 3. The van der Waals surface area contributed by atoms with Crippen molar-refractivity contribution in [2.45, 2.75) is 20.8 Å². The minimum absolute atomic E-state index is 0.104. The third-order valence-electron chi connectivity index (χ3n) is 3.78. The van der Waals surface area contributed by atoms with Gasteiger partial charge in [-0.05, 0) is 73.0 Å². The molecular formula is C19H17BrN2OS. The molecule has 122 valence electrons. The first-order chi connectivity index (χ1) is 11.4. The van der Waals surface area contributed by atoms with Gasteiger partial charge in [0.25, 0.3) is 5.91 Å². The summed E-state index contributed by atoms with van der Waals surface area (Å²) >= 11 is 4.93. The highest BCUT2D eigenvalue weighted by Gasteiger charge is 2.24. The van der Waals surface area contributed by atoms with Crippen LogP contribution in [0.2, 0.25) is 0 Å². The monoisotopic (exact) mass is 400 g/mol. The van der Waals surface area contributed by atoms with Gasteiger partial charge in [-0.3, -0.25) is 4.79 Å². The number of carbonyl (C=O) groups is 1. The Morgan fingerprint density at radius 3 is 2.42 bits per heavy atom. The number of amidine groups is 1. The molecule has 0 atom stereocenters. The number of aliphatic imine (C=N–C) groups is 1. The highest BCUT2D eigenvalue weighted by molar-refractivity contribution is 9.10. The van der Waals surface area contributed by atoms with Crippen LogP contribution < -0.4 is 5.32 Å². The minimum Gasteiger partial charge on any atom is -0.300 e. The average Bonchev–Trinajstić information content (AvgIpc) is 2.86. The first kappa shape index (κ1) is 17.0. The Balaban J connectivity index is 1.89. The SMILES string of the molecule is Cc1ccccc1/C=C1\SC(=Nc2cc(C)c(Br)c(C)c2)NC1=O. The second-order valence-corrected chi connectivity index (χ2v) is 7.56. The first-order valence-electron chi connectivity index (χ1n) is 7.56. The number of amides is 1. The predicted molar refractivity (Wildman–Crippen MR) is 106 cm³/mol. The molecule has 24 heavy (non-hydrogen) atoms. The van der Waals surface area contributed by atoms with Gasteiger partial charge in [-0.15, -0.1) is 0 Å². The molecule has 0 spiro atoms. The molecule has 1 aliphatic heterocycles. The molecule has 3 rings (SSSR count). The fraction of sp³-hybridized carbons (Fsp3) is 0.158. The molecule has 5 heteroatoms. The lowest BCUT2D eigenvalue weighted by molar-refractivity contribution is -0.115. The van der Waals surface area contributed by atoms with E-state index in [0.29, 0.717) is 10.1 Å². The summed E-state index contributed by atoms with van der Waals surface area (Å²) in [6.07, 6.45) is 1.91. The van der Waals surface area contributed by atoms with E-state index in [1.807, 2.05) is 63.2 Å². The molecule has 0 aromatic heterocycles. The molecule has 3 nitrogen and oxygen atoms in total. The van der Waals surface area contributed by atoms with E-state index < -0.39 is 0 Å². The largest absolute Gasteiger partial charge is 0.300 e. The van der Waals surface area contributed by atoms with Crippen molar-refractivity contribution in [1.82, 2.24) is 5.32 Å². The lowest BCUT2D eigenvalue weighted by Crippen LogP contribution is -2.19. The van der Waals surface area contributed by atoms with E-state index in [2.05, 4.69) is 26.2 Å². The number of carbonyl (C=O) groups excluding carboxylic acids is 1. The molecule has 1 fully saturated rings. The van der Waals surface area contributed by atoms with Crippen LogP contribution in [0, 0.1) is 20.8 Å². The van der Waals surface area contributed by atoms with Crippen molar-refractivity contribution in [3.8, 4) is 0 Å². The Bertz CT molecular complexity index is 864. The summed E-state index contributed by atoms with van der Waals surface area (Å²) in [6, 6.07) is 12.0. The smallest absolute Gasteiger partial charge is 0.264 e. The Morgan fingerprint density at radius 2 is 1.75 bits per heavy atom. The van der Waals surface area contributed by atoms with E-state index in [1.165, 1.54) is 11.8 Å². The van der Waals surface area contributed by atoms with Gasteiger partial charge in [0.05, 0.1) is 10.6 Å². The molecule has 0 radical (unpaired) electrons. The molecule has 2 aromatic rings. The van der Waals surface area contributed by atoms with Gasteiger partial charge in [0.2, 0.25) is 0 Å². The molecule has 1 N–H and O–H groups in total. The van der Waals surface area contributed by atoms with Crippen LogP contribution in [0.3, 0.4) is 0 Å². The fourth-order valence-corrected chi connectivity index (χ4v) is 3.54. The van der Waals surface area contributed by atoms with Crippen molar-refractivity contribution in [2.75, 3.05) is 0 Å². The van der Waals surface area contributed by atoms with Gasteiger partial charge in [0, 0.05) is 4.47 Å². The minimum atomic E-state index is -0.104. The van der Waals surface area contributed by atoms with Crippen molar-refractivity contribution in [2.24, 2.45) is 4.99 Å². The van der Waals surface area contributed by atoms with Crippen molar-refractivity contribution >= 4 is 50.5 Å². The van der Waals surface area contributed by atoms with Gasteiger partial charge in [-0.25, -0.2) is 4.99 Å². The Morgan fingerprint density at radius 1 is 1.08 bits per heavy atom. The number of nitrogens with one attached hydrogen (secondary N) is 1. The number of benzene rings is 2. The third kappa shape index (κ3) is 3.62. The Kier molecular flexibility index (Phi) is 4.92. The number of hydrogen-bond acceptors (Lipinski definition) is 3. The van der Waals surface area contributed by atoms with Gasteiger partial charge in [-0.1, -0.05) is 40.2 Å². The number of rotatable bonds is 2. The van der Waals surface area contributed by atoms with E-state index in [-0.39, 0.29) is 5.91 Å². The number of nitrogens with zero attached hydrogens (tertiary/aromatic N) is 1. The molecule has 1 heterocycles. The second-order valence-electron chi connectivity index (χ2n) is 5.73. The summed E-state index contributed by atoms with van der Waals surface area (Å²) in [5, 5.41) is 3.45. The molecule has 0 bridgehead atoms. The van der Waals surface area contributed by atoms with Crippen LogP contribution in [0.1, 0.15) is 22.3 Å². The van der Waals surface area contributed by atoms with Crippen LogP contribution in [-0.2, 0) is 4.79 Å². The van der Waals surface area contributed by atoms with E-state index in [1.54, 1.807) is 0 Å². The number of hydrogen-bond donors (Lipinski definition) is 1. The van der Waals surface area contributed by atoms with Crippen LogP contribution in [0.4, 0.5) is 5.69 Å². The van der Waals surface area contributed by atoms with Gasteiger partial charge < -0.3 is 5.32 Å². The standard InChI is InChI=1S/C19H17BrN2OS/c1-11-6-4-5-7-14(11)10-16-18(23)22-19(24-16)21-15-8-12(2)17(20)13(3)9-15/h4-10H,1-3H3,(H,21,22,23)/b16-10-. The third-order valence-corrected chi connectivity index (χ3v) is 5.94. The van der Waals surface area contributed by atoms with Crippen LogP contribution in [-0.4, -0.2) is 11.1 Å². The zero-order valence-corrected chi connectivity index (χ0v) is 16.1. The van der Waals surface area contributed by atoms with Gasteiger partial charge >= 0.3 is 0 Å². The van der Waals surface area contributed by atoms with E-state index >= 15 is 0 Å². The van der Waals surface area contributed by atoms with E-state index in [0.717, 1.165) is 32.4 Å². The summed E-state index contributed by atoms with van der Waals surface area (Å²) < 4.78 is 1.09. The maximum absolute atomic E-state index is 12.2. The molecule has 1 amide bonds. The van der Waals surface area contributed by atoms with Gasteiger partial charge in [-0.2, -0.15) is 0 Å². The number of thioether (sulfide) groups is 1. The van der Waals surface area contributed by atoms with Crippen molar-refractivity contribution < 1.29 is 4.79 Å². The van der Waals surface area contributed by atoms with Crippen LogP contribution in [0.5, 0.6) is 0 Å². The summed E-state index contributed by atoms with van der Waals surface area (Å²) in [4.78, 5) is 17.4. The molecular weight excluding hydrogens is 384 g/mol. The lowest BCUT2D eigenvalue weighted by atomic mass is 10.1. The normalized spacial score (nSPS) is 17.6. The van der Waals surface area contributed by atoms with E-state index in [4.69, 9.17) is 0 Å². The highest BCUT2D eigenvalue weighted by atomic mass is 79.9. The maximum atomic E-state index is 12.2. The summed E-state index contributed by atoms with van der Waals surface area (Å²) in [7, 11) is 0. The summed E-state index contributed by atoms with van der Waals surface area (Å²) in [5.41, 5.74) is 5.28. The van der Waals surface area contributed by atoms with Gasteiger partial charge in [0.1, 0.15) is 0 Å². The maximum Gasteiger partial charge on any atom is 0.264 e. The number of halogens is 1. The van der Waals surface area contributed by atoms with Crippen LogP contribution in [0.15, 0.2) is 50.8 Å². The fourth-order valence-electron chi connectivity index (χ4n) is 2.48. The first-order valence-corrected chi connectivity index (χ1v) is 9.17. The van der Waals surface area contributed by atoms with Crippen molar-refractivity contribution in [3.63, 3.8) is 0 Å². The van der Waals surface area contributed by atoms with Crippen LogP contribution >= 0.6 is 27.7 Å². The molecule has 1 aliphatic rings. The van der Waals surface area contributed by atoms with Crippen molar-refractivity contribution in [1.29, 1.82) is 0 Å². The zero-order valence-electron chi connectivity index (χ0n) is 13.7. The quantitative estimate of drug-likeness (QED) is 0.697. The Labute approximate surface area is 154 Å². The molecule has 0 aliphatic carbocycles. The average molecular weight is 401 g/mol. The van der Waals surface area contributed by atoms with Crippen LogP contribution in [0.25, 0.3) is 6.08 Å². The molecule has 1 saturated heterocycles. The predicted octanol–water partition coefficient (Wildman–Crippen LogP) is 5.27. The van der Waals surface area contributed by atoms with Gasteiger partial charge in [0.15, 0.2) is 5.17 Å². The topological polar surface area (TPSA) is 41.5 Å². The molecule has 0 unspecified atom stereocenters. The lowest BCUT2D eigenvalue weighted by Gasteiger charge is -2.04. The zero-order chi connectivity index (χ0) is 17.3.